The highest BCUT2D eigenvalue weighted by molar-refractivity contribution is 5.96. The van der Waals surface area contributed by atoms with Crippen molar-refractivity contribution in [1.82, 2.24) is 14.9 Å². The molecular weight excluding hydrogens is 409 g/mol. The first kappa shape index (κ1) is 20.9. The second-order valence-electron chi connectivity index (χ2n) is 7.54. The molecule has 0 bridgehead atoms. The van der Waals surface area contributed by atoms with E-state index in [0.29, 0.717) is 41.1 Å². The van der Waals surface area contributed by atoms with E-state index in [1.807, 2.05) is 0 Å². The Bertz CT molecular complexity index is 1130. The molecular formula is C22H21F3N4O2. The first-order valence-corrected chi connectivity index (χ1v) is 9.79. The molecule has 0 saturated carbocycles. The number of benzene rings is 2. The molecule has 0 radical (unpaired) electrons. The molecule has 1 atom stereocenters. The van der Waals surface area contributed by atoms with Crippen molar-refractivity contribution in [3.63, 3.8) is 0 Å². The molecule has 1 N–H and O–H groups in total. The molecule has 2 aromatic carbocycles. The number of halogens is 3. The predicted octanol–water partition coefficient (Wildman–Crippen LogP) is 4.29. The van der Waals surface area contributed by atoms with E-state index in [9.17, 15) is 18.0 Å². The van der Waals surface area contributed by atoms with Gasteiger partial charge in [-0.25, -0.2) is 4.98 Å². The number of rotatable bonds is 4. The average Bonchev–Trinajstić information content (AvgIpc) is 3.20. The van der Waals surface area contributed by atoms with Crippen LogP contribution in [0.15, 0.2) is 42.6 Å². The monoisotopic (exact) mass is 430 g/mol. The van der Waals surface area contributed by atoms with Gasteiger partial charge >= 0.3 is 6.18 Å². The lowest BCUT2D eigenvalue weighted by Crippen LogP contribution is -2.33. The van der Waals surface area contributed by atoms with Crippen LogP contribution in [0.25, 0.3) is 11.0 Å². The summed E-state index contributed by atoms with van der Waals surface area (Å²) >= 11 is 0. The Morgan fingerprint density at radius 2 is 2.00 bits per heavy atom. The van der Waals surface area contributed by atoms with Crippen molar-refractivity contribution >= 4 is 22.8 Å². The number of fused-ring (bicyclic) bond motifs is 1. The Hall–Kier alpha value is -3.36. The fraction of sp³-hybridized carbons (Fsp3) is 0.318. The minimum atomic E-state index is -4.59. The topological polar surface area (TPSA) is 67.3 Å². The molecule has 31 heavy (non-hydrogen) atoms. The van der Waals surface area contributed by atoms with Crippen LogP contribution in [0.4, 0.5) is 19.0 Å². The van der Waals surface area contributed by atoms with Crippen LogP contribution in [-0.2, 0) is 6.18 Å². The van der Waals surface area contributed by atoms with Gasteiger partial charge in [-0.1, -0.05) is 11.6 Å². The largest absolute Gasteiger partial charge is 0.497 e. The number of likely N-dealkylation sites (tertiary alicyclic amines) is 1. The van der Waals surface area contributed by atoms with Gasteiger partial charge in [0.05, 0.1) is 35.5 Å². The number of carbonyl (C=O) groups is 1. The van der Waals surface area contributed by atoms with Gasteiger partial charge in [-0.15, -0.1) is 0 Å². The SMILES string of the molecule is COc1ccc2ncc(N[C@@H]3CCN(C(=O)c4cc(C)ccc4C(F)(F)F)C3)nc2c1. The summed E-state index contributed by atoms with van der Waals surface area (Å²) in [7, 11) is 1.57. The second kappa shape index (κ2) is 8.05. The molecule has 1 saturated heterocycles. The fourth-order valence-electron chi connectivity index (χ4n) is 3.71. The minimum absolute atomic E-state index is 0.138. The number of carbonyl (C=O) groups excluding carboxylic acids is 1. The van der Waals surface area contributed by atoms with Crippen molar-refractivity contribution in [2.75, 3.05) is 25.5 Å². The molecule has 1 fully saturated rings. The first-order chi connectivity index (χ1) is 14.7. The highest BCUT2D eigenvalue weighted by atomic mass is 19.4. The zero-order chi connectivity index (χ0) is 22.2. The summed E-state index contributed by atoms with van der Waals surface area (Å²) in [5.41, 5.74) is 0.755. The van der Waals surface area contributed by atoms with E-state index in [2.05, 4.69) is 15.3 Å². The molecule has 4 rings (SSSR count). The van der Waals surface area contributed by atoms with E-state index in [-0.39, 0.29) is 18.2 Å². The molecule has 1 amide bonds. The number of ether oxygens (including phenoxy) is 1. The lowest BCUT2D eigenvalue weighted by molar-refractivity contribution is -0.138. The molecule has 0 spiro atoms. The molecule has 0 unspecified atom stereocenters. The quantitative estimate of drug-likeness (QED) is 0.669. The second-order valence-corrected chi connectivity index (χ2v) is 7.54. The van der Waals surface area contributed by atoms with Gasteiger partial charge in [-0.3, -0.25) is 9.78 Å². The van der Waals surface area contributed by atoms with Gasteiger partial charge in [0.1, 0.15) is 11.6 Å². The Labute approximate surface area is 177 Å². The Morgan fingerprint density at radius 1 is 1.19 bits per heavy atom. The van der Waals surface area contributed by atoms with Gasteiger partial charge in [0.2, 0.25) is 0 Å². The van der Waals surface area contributed by atoms with Crippen LogP contribution in [0.3, 0.4) is 0 Å². The maximum atomic E-state index is 13.4. The fourth-order valence-corrected chi connectivity index (χ4v) is 3.71. The Morgan fingerprint density at radius 3 is 2.74 bits per heavy atom. The van der Waals surface area contributed by atoms with Crippen molar-refractivity contribution in [3.05, 3.63) is 59.3 Å². The maximum Gasteiger partial charge on any atom is 0.417 e. The molecule has 162 valence electrons. The molecule has 6 nitrogen and oxygen atoms in total. The molecule has 0 aliphatic carbocycles. The number of hydrogen-bond acceptors (Lipinski definition) is 5. The van der Waals surface area contributed by atoms with Crippen LogP contribution in [-0.4, -0.2) is 47.0 Å². The summed E-state index contributed by atoms with van der Waals surface area (Å²) in [6.45, 7) is 2.30. The number of alkyl halides is 3. The van der Waals surface area contributed by atoms with Crippen molar-refractivity contribution in [3.8, 4) is 5.75 Å². The summed E-state index contributed by atoms with van der Waals surface area (Å²) in [6.07, 6.45) is -2.39. The third-order valence-electron chi connectivity index (χ3n) is 5.29. The van der Waals surface area contributed by atoms with Crippen molar-refractivity contribution in [2.24, 2.45) is 0 Å². The van der Waals surface area contributed by atoms with E-state index in [1.54, 1.807) is 38.4 Å². The summed E-state index contributed by atoms with van der Waals surface area (Å²) in [5, 5.41) is 3.23. The number of aryl methyl sites for hydroxylation is 1. The lowest BCUT2D eigenvalue weighted by atomic mass is 10.0. The number of amides is 1. The van der Waals surface area contributed by atoms with E-state index in [4.69, 9.17) is 4.74 Å². The van der Waals surface area contributed by atoms with Crippen LogP contribution in [0, 0.1) is 6.92 Å². The average molecular weight is 430 g/mol. The van der Waals surface area contributed by atoms with Crippen LogP contribution in [0.1, 0.15) is 27.9 Å². The summed E-state index contributed by atoms with van der Waals surface area (Å²) < 4.78 is 45.3. The molecule has 9 heteroatoms. The normalized spacial score (nSPS) is 16.5. The minimum Gasteiger partial charge on any atom is -0.497 e. The van der Waals surface area contributed by atoms with Gasteiger partial charge in [-0.2, -0.15) is 13.2 Å². The van der Waals surface area contributed by atoms with Gasteiger partial charge in [0, 0.05) is 25.2 Å². The number of nitrogens with zero attached hydrogens (tertiary/aromatic N) is 3. The molecule has 1 aliphatic rings. The van der Waals surface area contributed by atoms with Crippen LogP contribution < -0.4 is 10.1 Å². The Balaban J connectivity index is 1.49. The zero-order valence-electron chi connectivity index (χ0n) is 17.0. The smallest absolute Gasteiger partial charge is 0.417 e. The number of anilines is 1. The number of methoxy groups -OCH3 is 1. The zero-order valence-corrected chi connectivity index (χ0v) is 17.0. The highest BCUT2D eigenvalue weighted by Crippen LogP contribution is 2.33. The van der Waals surface area contributed by atoms with E-state index < -0.39 is 17.6 Å². The highest BCUT2D eigenvalue weighted by Gasteiger charge is 2.37. The van der Waals surface area contributed by atoms with E-state index >= 15 is 0 Å². The van der Waals surface area contributed by atoms with Crippen molar-refractivity contribution < 1.29 is 22.7 Å². The van der Waals surface area contributed by atoms with Crippen molar-refractivity contribution in [1.29, 1.82) is 0 Å². The third kappa shape index (κ3) is 4.40. The lowest BCUT2D eigenvalue weighted by Gasteiger charge is -2.20. The van der Waals surface area contributed by atoms with Crippen LogP contribution in [0.5, 0.6) is 5.75 Å². The van der Waals surface area contributed by atoms with Gasteiger partial charge < -0.3 is 15.0 Å². The van der Waals surface area contributed by atoms with Crippen LogP contribution >= 0.6 is 0 Å². The summed E-state index contributed by atoms with van der Waals surface area (Å²) in [4.78, 5) is 23.2. The van der Waals surface area contributed by atoms with E-state index in [1.165, 1.54) is 17.0 Å². The Kier molecular flexibility index (Phi) is 5.43. The molecule has 3 aromatic rings. The maximum absolute atomic E-state index is 13.4. The van der Waals surface area contributed by atoms with Crippen molar-refractivity contribution in [2.45, 2.75) is 25.6 Å². The number of aromatic nitrogens is 2. The number of hydrogen-bond donors (Lipinski definition) is 1. The molecule has 1 aromatic heterocycles. The van der Waals surface area contributed by atoms with Gasteiger partial charge in [0.15, 0.2) is 0 Å². The van der Waals surface area contributed by atoms with Crippen LogP contribution in [0.2, 0.25) is 0 Å². The first-order valence-electron chi connectivity index (χ1n) is 9.79. The standard InChI is InChI=1S/C22H21F3N4O2/c1-13-3-5-17(22(23,24)25)16(9-13)21(30)29-8-7-14(12-29)27-20-11-26-18-6-4-15(31-2)10-19(18)28-20/h3-6,9-11,14H,7-8,12H2,1-2H3,(H,27,28)/t14-/m1/s1. The summed E-state index contributed by atoms with van der Waals surface area (Å²) in [6, 6.07) is 8.86. The predicted molar refractivity (Wildman–Crippen MR) is 110 cm³/mol. The van der Waals surface area contributed by atoms with Gasteiger partial charge in [0.25, 0.3) is 5.91 Å². The number of nitrogens with one attached hydrogen (secondary N) is 1. The third-order valence-corrected chi connectivity index (χ3v) is 5.29. The van der Waals surface area contributed by atoms with Gasteiger partial charge in [-0.05, 0) is 37.6 Å². The van der Waals surface area contributed by atoms with E-state index in [0.717, 1.165) is 6.07 Å². The molecule has 1 aliphatic heterocycles. The molecule has 2 heterocycles. The summed E-state index contributed by atoms with van der Waals surface area (Å²) in [5.74, 6) is 0.580.